The number of piperazine rings is 1. The zero-order valence-corrected chi connectivity index (χ0v) is 16.4. The van der Waals surface area contributed by atoms with Crippen LogP contribution in [-0.4, -0.2) is 58.1 Å². The highest BCUT2D eigenvalue weighted by Crippen LogP contribution is 2.18. The minimum absolute atomic E-state index is 0.122. The Bertz CT molecular complexity index is 979. The molecule has 144 valence electrons. The summed E-state index contributed by atoms with van der Waals surface area (Å²) in [6.07, 6.45) is 4.03. The lowest BCUT2D eigenvalue weighted by atomic mass is 10.1. The number of rotatable bonds is 4. The third kappa shape index (κ3) is 3.85. The number of aromatic amines is 1. The van der Waals surface area contributed by atoms with Gasteiger partial charge in [0.15, 0.2) is 0 Å². The molecule has 3 aromatic rings. The van der Waals surface area contributed by atoms with E-state index in [-0.39, 0.29) is 5.91 Å². The van der Waals surface area contributed by atoms with Crippen LogP contribution in [-0.2, 0) is 0 Å². The Balaban J connectivity index is 1.42. The normalized spacial score (nSPS) is 15.8. The van der Waals surface area contributed by atoms with E-state index in [1.54, 1.807) is 0 Å². The Morgan fingerprint density at radius 1 is 1.00 bits per heavy atom. The molecule has 1 amide bonds. The van der Waals surface area contributed by atoms with Gasteiger partial charge in [-0.25, -0.2) is 0 Å². The fraction of sp³-hybridized carbons (Fsp3) is 0.304. The first-order valence-corrected chi connectivity index (χ1v) is 9.86. The van der Waals surface area contributed by atoms with Crippen LogP contribution in [0, 0.1) is 0 Å². The van der Waals surface area contributed by atoms with Gasteiger partial charge in [-0.15, -0.1) is 0 Å². The second kappa shape index (κ2) is 7.98. The number of amides is 1. The first-order chi connectivity index (χ1) is 13.6. The molecule has 5 nitrogen and oxygen atoms in total. The number of benzene rings is 2. The maximum absolute atomic E-state index is 12.8. The van der Waals surface area contributed by atoms with Gasteiger partial charge in [0.1, 0.15) is 0 Å². The Kier molecular flexibility index (Phi) is 5.26. The first kappa shape index (κ1) is 18.4. The van der Waals surface area contributed by atoms with Crippen molar-refractivity contribution in [3.8, 4) is 0 Å². The molecule has 0 radical (unpaired) electrons. The fourth-order valence-corrected chi connectivity index (χ4v) is 3.65. The summed E-state index contributed by atoms with van der Waals surface area (Å²) < 4.78 is 0. The van der Waals surface area contributed by atoms with Crippen LogP contribution in [0.1, 0.15) is 35.5 Å². The van der Waals surface area contributed by atoms with Crippen molar-refractivity contribution in [3.63, 3.8) is 0 Å². The van der Waals surface area contributed by atoms with Crippen LogP contribution in [0.5, 0.6) is 0 Å². The maximum Gasteiger partial charge on any atom is 0.253 e. The van der Waals surface area contributed by atoms with Crippen LogP contribution in [0.2, 0.25) is 0 Å². The van der Waals surface area contributed by atoms with Gasteiger partial charge >= 0.3 is 0 Å². The van der Waals surface area contributed by atoms with Gasteiger partial charge in [-0.1, -0.05) is 36.4 Å². The number of carbonyl (C=O) groups is 1. The minimum atomic E-state index is 0.122. The summed E-state index contributed by atoms with van der Waals surface area (Å²) in [5, 5.41) is 8.50. The van der Waals surface area contributed by atoms with Crippen molar-refractivity contribution < 1.29 is 4.79 Å². The van der Waals surface area contributed by atoms with Crippen molar-refractivity contribution in [1.82, 2.24) is 20.0 Å². The van der Waals surface area contributed by atoms with E-state index in [4.69, 9.17) is 0 Å². The Labute approximate surface area is 165 Å². The van der Waals surface area contributed by atoms with Crippen LogP contribution >= 0.6 is 0 Å². The van der Waals surface area contributed by atoms with E-state index in [9.17, 15) is 4.79 Å². The topological polar surface area (TPSA) is 52.2 Å². The smallest absolute Gasteiger partial charge is 0.253 e. The molecular weight excluding hydrogens is 348 g/mol. The molecule has 0 unspecified atom stereocenters. The monoisotopic (exact) mass is 374 g/mol. The standard InChI is InChI=1S/C23H26N4O/c1-17(2)26-13-15-27(16-14-26)23(28)19-10-7-18(8-11-19)9-12-22-20-5-3-4-6-21(20)24-25-22/h3-12,17H,13-16H2,1-2H3,(H,24,25)/b12-9+. The number of H-pyrrole nitrogens is 1. The van der Waals surface area contributed by atoms with Gasteiger partial charge in [-0.3, -0.25) is 14.8 Å². The van der Waals surface area contributed by atoms with E-state index in [0.717, 1.165) is 53.9 Å². The summed E-state index contributed by atoms with van der Waals surface area (Å²) in [6.45, 7) is 7.89. The van der Waals surface area contributed by atoms with Crippen molar-refractivity contribution in [2.45, 2.75) is 19.9 Å². The average molecular weight is 374 g/mol. The van der Waals surface area contributed by atoms with E-state index in [2.05, 4.69) is 35.0 Å². The summed E-state index contributed by atoms with van der Waals surface area (Å²) >= 11 is 0. The summed E-state index contributed by atoms with van der Waals surface area (Å²) in [7, 11) is 0. The number of carbonyl (C=O) groups excluding carboxylic acids is 1. The number of nitrogens with zero attached hydrogens (tertiary/aromatic N) is 3. The molecule has 1 aromatic heterocycles. The molecule has 0 saturated carbocycles. The zero-order valence-electron chi connectivity index (χ0n) is 16.4. The van der Waals surface area contributed by atoms with E-state index >= 15 is 0 Å². The number of para-hydroxylation sites is 1. The lowest BCUT2D eigenvalue weighted by molar-refractivity contribution is 0.0595. The highest BCUT2D eigenvalue weighted by atomic mass is 16.2. The van der Waals surface area contributed by atoms with Gasteiger partial charge in [0, 0.05) is 43.2 Å². The number of nitrogens with one attached hydrogen (secondary N) is 1. The third-order valence-electron chi connectivity index (χ3n) is 5.42. The molecule has 0 aliphatic carbocycles. The predicted molar refractivity (Wildman–Crippen MR) is 114 cm³/mol. The van der Waals surface area contributed by atoms with Crippen LogP contribution in [0.3, 0.4) is 0 Å². The Hall–Kier alpha value is -2.92. The molecular formula is C23H26N4O. The molecule has 0 spiro atoms. The van der Waals surface area contributed by atoms with Crippen LogP contribution in [0.25, 0.3) is 23.1 Å². The van der Waals surface area contributed by atoms with Crippen molar-refractivity contribution in [3.05, 3.63) is 65.4 Å². The second-order valence-electron chi connectivity index (χ2n) is 7.53. The van der Waals surface area contributed by atoms with E-state index < -0.39 is 0 Å². The van der Waals surface area contributed by atoms with Crippen molar-refractivity contribution in [1.29, 1.82) is 0 Å². The number of fused-ring (bicyclic) bond motifs is 1. The summed E-state index contributed by atoms with van der Waals surface area (Å²) in [6, 6.07) is 16.4. The van der Waals surface area contributed by atoms with Gasteiger partial charge in [-0.05, 0) is 43.7 Å². The zero-order chi connectivity index (χ0) is 19.5. The second-order valence-corrected chi connectivity index (χ2v) is 7.53. The SMILES string of the molecule is CC(C)N1CCN(C(=O)c2ccc(/C=C/c3n[nH]c4ccccc34)cc2)CC1. The Morgan fingerprint density at radius 3 is 2.43 bits per heavy atom. The largest absolute Gasteiger partial charge is 0.336 e. The first-order valence-electron chi connectivity index (χ1n) is 9.86. The maximum atomic E-state index is 12.8. The van der Waals surface area contributed by atoms with Gasteiger partial charge in [0.05, 0.1) is 11.2 Å². The average Bonchev–Trinajstić information content (AvgIpc) is 3.15. The molecule has 1 N–H and O–H groups in total. The van der Waals surface area contributed by atoms with Gasteiger partial charge in [0.2, 0.25) is 0 Å². The molecule has 0 atom stereocenters. The molecule has 1 saturated heterocycles. The van der Waals surface area contributed by atoms with Gasteiger partial charge in [-0.2, -0.15) is 5.10 Å². The fourth-order valence-electron chi connectivity index (χ4n) is 3.65. The minimum Gasteiger partial charge on any atom is -0.336 e. The van der Waals surface area contributed by atoms with Crippen LogP contribution < -0.4 is 0 Å². The predicted octanol–water partition coefficient (Wildman–Crippen LogP) is 3.90. The lowest BCUT2D eigenvalue weighted by Crippen LogP contribution is -2.50. The summed E-state index contributed by atoms with van der Waals surface area (Å²) in [5.74, 6) is 0.122. The summed E-state index contributed by atoms with van der Waals surface area (Å²) in [4.78, 5) is 17.1. The highest BCUT2D eigenvalue weighted by molar-refractivity contribution is 5.95. The molecule has 1 fully saturated rings. The third-order valence-corrected chi connectivity index (χ3v) is 5.42. The number of hydrogen-bond acceptors (Lipinski definition) is 3. The van der Waals surface area contributed by atoms with Crippen molar-refractivity contribution in [2.24, 2.45) is 0 Å². The summed E-state index contributed by atoms with van der Waals surface area (Å²) in [5.41, 5.74) is 3.74. The van der Waals surface area contributed by atoms with Crippen molar-refractivity contribution >= 4 is 29.0 Å². The quantitative estimate of drug-likeness (QED) is 0.754. The molecule has 28 heavy (non-hydrogen) atoms. The van der Waals surface area contributed by atoms with Crippen LogP contribution in [0.15, 0.2) is 48.5 Å². The molecule has 2 heterocycles. The molecule has 1 aliphatic heterocycles. The van der Waals surface area contributed by atoms with E-state index in [0.29, 0.717) is 6.04 Å². The molecule has 2 aromatic carbocycles. The number of aromatic nitrogens is 2. The molecule has 1 aliphatic rings. The van der Waals surface area contributed by atoms with Gasteiger partial charge < -0.3 is 4.90 Å². The highest BCUT2D eigenvalue weighted by Gasteiger charge is 2.23. The number of hydrogen-bond donors (Lipinski definition) is 1. The van der Waals surface area contributed by atoms with Gasteiger partial charge in [0.25, 0.3) is 5.91 Å². The molecule has 5 heteroatoms. The lowest BCUT2D eigenvalue weighted by Gasteiger charge is -2.37. The van der Waals surface area contributed by atoms with E-state index in [1.807, 2.05) is 59.5 Å². The van der Waals surface area contributed by atoms with Crippen LogP contribution in [0.4, 0.5) is 0 Å². The molecule has 0 bridgehead atoms. The molecule has 4 rings (SSSR count). The van der Waals surface area contributed by atoms with Crippen molar-refractivity contribution in [2.75, 3.05) is 26.2 Å². The Morgan fingerprint density at radius 2 is 1.71 bits per heavy atom. The van der Waals surface area contributed by atoms with E-state index in [1.165, 1.54) is 0 Å².